The fourth-order valence-corrected chi connectivity index (χ4v) is 6.87. The van der Waals surface area contributed by atoms with Crippen molar-refractivity contribution in [1.29, 1.82) is 0 Å². The molecule has 1 aliphatic heterocycles. The second kappa shape index (κ2) is 11.5. The van der Waals surface area contributed by atoms with Gasteiger partial charge in [-0.15, -0.1) is 13.2 Å². The van der Waals surface area contributed by atoms with Gasteiger partial charge in [-0.1, -0.05) is 30.3 Å². The van der Waals surface area contributed by atoms with Crippen molar-refractivity contribution in [3.05, 3.63) is 59.5 Å². The molecule has 1 heterocycles. The van der Waals surface area contributed by atoms with Crippen molar-refractivity contribution in [3.63, 3.8) is 0 Å². The third-order valence-corrected chi connectivity index (χ3v) is 9.15. The minimum atomic E-state index is -4.99. The first-order valence-corrected chi connectivity index (χ1v) is 15.6. The third-order valence-electron chi connectivity index (χ3n) is 6.43. The molecule has 1 amide bonds. The van der Waals surface area contributed by atoms with Gasteiger partial charge in [-0.05, 0) is 50.1 Å². The predicted molar refractivity (Wildman–Crippen MR) is 141 cm³/mol. The van der Waals surface area contributed by atoms with Crippen molar-refractivity contribution in [2.75, 3.05) is 12.8 Å². The number of sulfonamides is 1. The van der Waals surface area contributed by atoms with Crippen LogP contribution in [0.3, 0.4) is 0 Å². The van der Waals surface area contributed by atoms with Gasteiger partial charge < -0.3 is 10.1 Å². The molecule has 0 aromatic heterocycles. The molecule has 0 saturated carbocycles. The lowest BCUT2D eigenvalue weighted by Crippen LogP contribution is -2.56. The maximum Gasteiger partial charge on any atom is 0.573 e. The van der Waals surface area contributed by atoms with E-state index in [9.17, 15) is 34.8 Å². The van der Waals surface area contributed by atoms with Crippen molar-refractivity contribution in [1.82, 2.24) is 9.62 Å². The van der Waals surface area contributed by atoms with Gasteiger partial charge in [0.05, 0.1) is 4.90 Å². The van der Waals surface area contributed by atoms with Crippen LogP contribution in [0.2, 0.25) is 0 Å². The second-order valence-corrected chi connectivity index (χ2v) is 13.6. The van der Waals surface area contributed by atoms with Gasteiger partial charge in [0.2, 0.25) is 10.0 Å². The highest BCUT2D eigenvalue weighted by molar-refractivity contribution is 7.93. The molecule has 3 atom stereocenters. The molecule has 1 aliphatic rings. The number of carbonyl (C=O) groups excluding carboxylic acids is 1. The molecule has 8 nitrogen and oxygen atoms in total. The highest BCUT2D eigenvalue weighted by Gasteiger charge is 2.48. The lowest BCUT2D eigenvalue weighted by Gasteiger charge is -2.40. The summed E-state index contributed by atoms with van der Waals surface area (Å²) in [5.74, 6) is -1.61. The second-order valence-electron chi connectivity index (χ2n) is 9.83. The minimum absolute atomic E-state index is 0.0200. The maximum absolute atomic E-state index is 15.7. The van der Waals surface area contributed by atoms with E-state index >= 15 is 4.39 Å². The Morgan fingerprint density at radius 1 is 1.15 bits per heavy atom. The molecular formula is C26H30F4N2O6S2. The molecule has 14 heteroatoms. The van der Waals surface area contributed by atoms with E-state index in [-0.39, 0.29) is 17.0 Å². The average molecular weight is 607 g/mol. The van der Waals surface area contributed by atoms with E-state index in [1.807, 2.05) is 0 Å². The number of alkyl halides is 4. The standard InChI is InChI=1S/C26H30F4N2O6S2/c1-17-7-5-6-8-21(17)22-15-20(38-26(28,29)30)9-10-23(22)40(36,37)32-13-12-25(27,16-19(32)3)24(33)31-18(2)11-14-39(4,34)35/h5-11,14-15,18-19H,12-13,16H2,1-4H3,(H,31,33)/b14-11-/t18-,19-,25+/m1/s1. The van der Waals surface area contributed by atoms with Crippen LogP contribution in [-0.2, 0) is 24.7 Å². The van der Waals surface area contributed by atoms with E-state index in [0.29, 0.717) is 11.1 Å². The van der Waals surface area contributed by atoms with Gasteiger partial charge in [0.15, 0.2) is 15.5 Å². The number of hydrogen-bond acceptors (Lipinski definition) is 6. The first kappa shape index (κ1) is 31.6. The van der Waals surface area contributed by atoms with Crippen molar-refractivity contribution in [2.45, 2.75) is 62.6 Å². The molecule has 2 aromatic rings. The van der Waals surface area contributed by atoms with Crippen molar-refractivity contribution in [2.24, 2.45) is 0 Å². The first-order chi connectivity index (χ1) is 18.3. The monoisotopic (exact) mass is 606 g/mol. The summed E-state index contributed by atoms with van der Waals surface area (Å²) in [6.07, 6.45) is -3.81. The summed E-state index contributed by atoms with van der Waals surface area (Å²) in [5, 5.41) is 3.28. The Morgan fingerprint density at radius 3 is 2.38 bits per heavy atom. The van der Waals surface area contributed by atoms with Crippen molar-refractivity contribution in [3.8, 4) is 16.9 Å². The Morgan fingerprint density at radius 2 is 1.80 bits per heavy atom. The molecule has 0 unspecified atom stereocenters. The van der Waals surface area contributed by atoms with Crippen LogP contribution in [0.5, 0.6) is 5.75 Å². The zero-order valence-electron chi connectivity index (χ0n) is 22.2. The van der Waals surface area contributed by atoms with Gasteiger partial charge >= 0.3 is 6.36 Å². The van der Waals surface area contributed by atoms with Crippen LogP contribution in [0.15, 0.2) is 58.8 Å². The van der Waals surface area contributed by atoms with E-state index < -0.39 is 68.5 Å². The third kappa shape index (κ3) is 7.61. The van der Waals surface area contributed by atoms with E-state index in [2.05, 4.69) is 10.1 Å². The lowest BCUT2D eigenvalue weighted by molar-refractivity contribution is -0.274. The molecule has 1 N–H and O–H groups in total. The highest BCUT2D eigenvalue weighted by Crippen LogP contribution is 2.39. The predicted octanol–water partition coefficient (Wildman–Crippen LogP) is 4.50. The lowest BCUT2D eigenvalue weighted by atomic mass is 9.89. The largest absolute Gasteiger partial charge is 0.573 e. The normalized spacial score (nSPS) is 21.8. The van der Waals surface area contributed by atoms with Crippen LogP contribution in [0, 0.1) is 6.92 Å². The fourth-order valence-electron chi connectivity index (χ4n) is 4.53. The first-order valence-electron chi connectivity index (χ1n) is 12.2. The van der Waals surface area contributed by atoms with Gasteiger partial charge in [0.1, 0.15) is 5.75 Å². The molecule has 1 fully saturated rings. The van der Waals surface area contributed by atoms with E-state index in [1.54, 1.807) is 31.2 Å². The summed E-state index contributed by atoms with van der Waals surface area (Å²) < 4.78 is 110. The van der Waals surface area contributed by atoms with Gasteiger partial charge in [-0.25, -0.2) is 21.2 Å². The van der Waals surface area contributed by atoms with Gasteiger partial charge in [-0.2, -0.15) is 4.31 Å². The summed E-state index contributed by atoms with van der Waals surface area (Å²) in [6.45, 7) is 4.19. The Balaban J connectivity index is 1.91. The maximum atomic E-state index is 15.7. The number of nitrogens with zero attached hydrogens (tertiary/aromatic N) is 1. The number of amides is 1. The van der Waals surface area contributed by atoms with E-state index in [1.165, 1.54) is 19.9 Å². The number of halogens is 4. The molecule has 0 radical (unpaired) electrons. The zero-order valence-corrected chi connectivity index (χ0v) is 23.8. The molecule has 40 heavy (non-hydrogen) atoms. The molecule has 0 bridgehead atoms. The van der Waals surface area contributed by atoms with Crippen LogP contribution in [0.4, 0.5) is 17.6 Å². The summed E-state index contributed by atoms with van der Waals surface area (Å²) in [6, 6.07) is 7.66. The number of benzene rings is 2. The van der Waals surface area contributed by atoms with Crippen LogP contribution in [0.25, 0.3) is 11.1 Å². The Kier molecular flexibility index (Phi) is 9.06. The van der Waals surface area contributed by atoms with Gasteiger partial charge in [0.25, 0.3) is 5.91 Å². The Labute approximate surface area is 231 Å². The van der Waals surface area contributed by atoms with E-state index in [4.69, 9.17) is 0 Å². The summed E-state index contributed by atoms with van der Waals surface area (Å²) >= 11 is 0. The number of hydrogen-bond donors (Lipinski definition) is 1. The molecule has 2 aromatic carbocycles. The SMILES string of the molecule is Cc1ccccc1-c1cc(OC(F)(F)F)ccc1S(=O)(=O)N1CC[C@@](F)(C(=O)N[C@H](C)/C=C\S(C)(=O)=O)C[C@H]1C. The van der Waals surface area contributed by atoms with Crippen LogP contribution in [-0.4, -0.2) is 64.0 Å². The molecule has 1 saturated heterocycles. The van der Waals surface area contributed by atoms with Crippen LogP contribution >= 0.6 is 0 Å². The Hall–Kier alpha value is -2.97. The molecular weight excluding hydrogens is 576 g/mol. The highest BCUT2D eigenvalue weighted by atomic mass is 32.2. The molecule has 0 aliphatic carbocycles. The number of aryl methyl sites for hydroxylation is 1. The van der Waals surface area contributed by atoms with Crippen LogP contribution in [0.1, 0.15) is 32.3 Å². The zero-order chi connectivity index (χ0) is 30.1. The summed E-state index contributed by atoms with van der Waals surface area (Å²) in [4.78, 5) is 12.4. The fraction of sp³-hybridized carbons (Fsp3) is 0.423. The minimum Gasteiger partial charge on any atom is -0.406 e. The van der Waals surface area contributed by atoms with E-state index in [0.717, 1.165) is 34.2 Å². The van der Waals surface area contributed by atoms with Crippen molar-refractivity contribution < 1.29 is 43.9 Å². The van der Waals surface area contributed by atoms with Crippen LogP contribution < -0.4 is 10.1 Å². The number of nitrogens with one attached hydrogen (secondary N) is 1. The number of sulfone groups is 1. The number of rotatable bonds is 8. The number of carbonyl (C=O) groups is 1. The summed E-state index contributed by atoms with van der Waals surface area (Å²) in [5.41, 5.74) is -1.47. The average Bonchev–Trinajstić information content (AvgIpc) is 2.81. The number of piperidine rings is 1. The van der Waals surface area contributed by atoms with Gasteiger partial charge in [-0.3, -0.25) is 4.79 Å². The summed E-state index contributed by atoms with van der Waals surface area (Å²) in [7, 11) is -7.83. The molecule has 0 spiro atoms. The van der Waals surface area contributed by atoms with Crippen molar-refractivity contribution >= 4 is 25.8 Å². The van der Waals surface area contributed by atoms with Gasteiger partial charge in [0, 0.05) is 48.7 Å². The molecule has 3 rings (SSSR count). The smallest absolute Gasteiger partial charge is 0.406 e. The molecule has 220 valence electrons. The topological polar surface area (TPSA) is 110 Å². The number of ether oxygens (including phenoxy) is 1. The Bertz CT molecular complexity index is 1510. The quantitative estimate of drug-likeness (QED) is 0.443.